The van der Waals surface area contributed by atoms with Crippen LogP contribution in [-0.2, 0) is 6.54 Å². The fourth-order valence-corrected chi connectivity index (χ4v) is 1.62. The summed E-state index contributed by atoms with van der Waals surface area (Å²) < 4.78 is 0. The number of carboxylic acid groups (broad SMARTS) is 1. The lowest BCUT2D eigenvalue weighted by Gasteiger charge is -2.07. The van der Waals surface area contributed by atoms with Gasteiger partial charge in [0.15, 0.2) is 0 Å². The van der Waals surface area contributed by atoms with E-state index < -0.39 is 6.09 Å². The predicted molar refractivity (Wildman–Crippen MR) is 61.0 cm³/mol. The maximum atomic E-state index is 10.4. The molecule has 0 saturated carbocycles. The van der Waals surface area contributed by atoms with Crippen LogP contribution in [0.1, 0.15) is 5.56 Å². The van der Waals surface area contributed by atoms with Gasteiger partial charge in [-0.15, -0.1) is 0 Å². The van der Waals surface area contributed by atoms with Gasteiger partial charge >= 0.3 is 6.09 Å². The van der Waals surface area contributed by atoms with E-state index in [4.69, 9.17) is 10.8 Å². The average molecular weight is 217 g/mol. The van der Waals surface area contributed by atoms with Gasteiger partial charge in [-0.2, -0.15) is 0 Å². The van der Waals surface area contributed by atoms with Crippen molar-refractivity contribution in [2.24, 2.45) is 0 Å². The second kappa shape index (κ2) is 4.06. The number of rotatable bonds is 2. The van der Waals surface area contributed by atoms with Crippen LogP contribution in [-0.4, -0.2) is 16.2 Å². The van der Waals surface area contributed by atoms with E-state index in [0.717, 1.165) is 16.3 Å². The zero-order valence-electron chi connectivity index (χ0n) is 8.47. The van der Waals surface area contributed by atoms with Crippen LogP contribution in [0.2, 0.25) is 0 Å². The zero-order valence-corrected chi connectivity index (χ0v) is 8.47. The lowest BCUT2D eigenvalue weighted by atomic mass is 10.1. The van der Waals surface area contributed by atoms with Gasteiger partial charge in [-0.1, -0.05) is 18.2 Å². The second-order valence-electron chi connectivity index (χ2n) is 3.37. The summed E-state index contributed by atoms with van der Waals surface area (Å²) in [5.41, 5.74) is 6.62. The number of fused-ring (bicyclic) bond motifs is 1. The normalized spacial score (nSPS) is 10.2. The van der Waals surface area contributed by atoms with Crippen LogP contribution < -0.4 is 11.1 Å². The Morgan fingerprint density at radius 3 is 2.94 bits per heavy atom. The number of hydrogen-bond donors (Lipinski definition) is 3. The molecule has 0 fully saturated rings. The van der Waals surface area contributed by atoms with Crippen molar-refractivity contribution in [3.63, 3.8) is 0 Å². The molecule has 0 atom stereocenters. The van der Waals surface area contributed by atoms with Crippen molar-refractivity contribution in [2.45, 2.75) is 6.54 Å². The molecule has 0 unspecified atom stereocenters. The number of amides is 1. The number of nitrogens with zero attached hydrogens (tertiary/aromatic N) is 1. The molecule has 2 aromatic rings. The van der Waals surface area contributed by atoms with Crippen LogP contribution >= 0.6 is 0 Å². The third kappa shape index (κ3) is 1.88. The molecule has 1 aromatic heterocycles. The van der Waals surface area contributed by atoms with E-state index in [2.05, 4.69) is 10.3 Å². The third-order valence-corrected chi connectivity index (χ3v) is 2.36. The minimum Gasteiger partial charge on any atom is -0.465 e. The molecule has 5 nitrogen and oxygen atoms in total. The number of benzene rings is 1. The van der Waals surface area contributed by atoms with Gasteiger partial charge in [-0.25, -0.2) is 9.78 Å². The lowest BCUT2D eigenvalue weighted by Crippen LogP contribution is -2.20. The van der Waals surface area contributed by atoms with E-state index in [1.165, 1.54) is 0 Å². The van der Waals surface area contributed by atoms with Crippen molar-refractivity contribution in [3.8, 4) is 0 Å². The van der Waals surface area contributed by atoms with Crippen LogP contribution in [0, 0.1) is 0 Å². The molecule has 16 heavy (non-hydrogen) atoms. The van der Waals surface area contributed by atoms with Gasteiger partial charge in [-0.05, 0) is 17.0 Å². The minimum absolute atomic E-state index is 0.260. The summed E-state index contributed by atoms with van der Waals surface area (Å²) in [6.07, 6.45) is 0.570. The topological polar surface area (TPSA) is 88.2 Å². The lowest BCUT2D eigenvalue weighted by molar-refractivity contribution is 0.194. The van der Waals surface area contributed by atoms with Crippen LogP contribution in [0.3, 0.4) is 0 Å². The largest absolute Gasteiger partial charge is 0.465 e. The van der Waals surface area contributed by atoms with Crippen LogP contribution in [0.25, 0.3) is 10.8 Å². The van der Waals surface area contributed by atoms with E-state index in [1.807, 2.05) is 24.3 Å². The Morgan fingerprint density at radius 2 is 2.19 bits per heavy atom. The molecule has 5 heteroatoms. The SMILES string of the molecule is Nc1nccc2c(CNC(=O)O)cccc12. The average Bonchev–Trinajstić information content (AvgIpc) is 2.27. The van der Waals surface area contributed by atoms with Crippen molar-refractivity contribution < 1.29 is 9.90 Å². The fraction of sp³-hybridized carbons (Fsp3) is 0.0909. The molecule has 0 aliphatic carbocycles. The maximum Gasteiger partial charge on any atom is 0.404 e. The van der Waals surface area contributed by atoms with Gasteiger partial charge in [0.05, 0.1) is 0 Å². The van der Waals surface area contributed by atoms with Crippen LogP contribution in [0.15, 0.2) is 30.5 Å². The van der Waals surface area contributed by atoms with Gasteiger partial charge in [0.2, 0.25) is 0 Å². The number of carbonyl (C=O) groups is 1. The van der Waals surface area contributed by atoms with Crippen molar-refractivity contribution in [1.29, 1.82) is 0 Å². The van der Waals surface area contributed by atoms with Gasteiger partial charge in [0.25, 0.3) is 0 Å². The Hall–Kier alpha value is -2.30. The molecular formula is C11H11N3O2. The maximum absolute atomic E-state index is 10.4. The first-order valence-electron chi connectivity index (χ1n) is 4.77. The van der Waals surface area contributed by atoms with Crippen LogP contribution in [0.4, 0.5) is 10.6 Å². The summed E-state index contributed by atoms with van der Waals surface area (Å²) >= 11 is 0. The van der Waals surface area contributed by atoms with Gasteiger partial charge in [-0.3, -0.25) is 0 Å². The Labute approximate surface area is 91.9 Å². The molecule has 2 rings (SSSR count). The number of aromatic nitrogens is 1. The second-order valence-corrected chi connectivity index (χ2v) is 3.37. The fourth-order valence-electron chi connectivity index (χ4n) is 1.62. The molecule has 1 amide bonds. The van der Waals surface area contributed by atoms with Gasteiger partial charge in [0, 0.05) is 18.1 Å². The highest BCUT2D eigenvalue weighted by molar-refractivity contribution is 5.93. The number of anilines is 1. The molecular weight excluding hydrogens is 206 g/mol. The first-order valence-corrected chi connectivity index (χ1v) is 4.77. The molecule has 0 bridgehead atoms. The van der Waals surface area contributed by atoms with E-state index in [1.54, 1.807) is 6.20 Å². The molecule has 0 spiro atoms. The van der Waals surface area contributed by atoms with Gasteiger partial charge < -0.3 is 16.2 Å². The molecule has 1 heterocycles. The Morgan fingerprint density at radius 1 is 1.38 bits per heavy atom. The van der Waals surface area contributed by atoms with Crippen molar-refractivity contribution in [3.05, 3.63) is 36.0 Å². The third-order valence-electron chi connectivity index (χ3n) is 2.36. The van der Waals surface area contributed by atoms with E-state index in [-0.39, 0.29) is 6.54 Å². The quantitative estimate of drug-likeness (QED) is 0.712. The molecule has 0 aliphatic heterocycles. The summed E-state index contributed by atoms with van der Waals surface area (Å²) in [6.45, 7) is 0.260. The number of nitrogens with two attached hydrogens (primary N) is 1. The van der Waals surface area contributed by atoms with E-state index in [9.17, 15) is 4.79 Å². The van der Waals surface area contributed by atoms with Crippen molar-refractivity contribution in [1.82, 2.24) is 10.3 Å². The number of nitrogens with one attached hydrogen (secondary N) is 1. The van der Waals surface area contributed by atoms with E-state index >= 15 is 0 Å². The van der Waals surface area contributed by atoms with Crippen molar-refractivity contribution >= 4 is 22.7 Å². The highest BCUT2D eigenvalue weighted by Gasteiger charge is 2.04. The summed E-state index contributed by atoms with van der Waals surface area (Å²) in [6, 6.07) is 7.38. The predicted octanol–water partition coefficient (Wildman–Crippen LogP) is 1.58. The first kappa shape index (κ1) is 10.2. The minimum atomic E-state index is -1.04. The molecule has 0 aliphatic rings. The molecule has 82 valence electrons. The summed E-state index contributed by atoms with van der Waals surface area (Å²) in [4.78, 5) is 14.4. The molecule has 4 N–H and O–H groups in total. The number of hydrogen-bond acceptors (Lipinski definition) is 3. The molecule has 0 saturated heterocycles. The smallest absolute Gasteiger partial charge is 0.404 e. The Balaban J connectivity index is 2.45. The van der Waals surface area contributed by atoms with Crippen molar-refractivity contribution in [2.75, 3.05) is 5.73 Å². The molecule has 1 aromatic carbocycles. The standard InChI is InChI=1S/C11H11N3O2/c12-10-9-3-1-2-7(6-14-11(15)16)8(9)4-5-13-10/h1-5,14H,6H2,(H2,12,13)(H,15,16). The number of pyridine rings is 1. The Kier molecular flexibility index (Phi) is 2.59. The Bertz CT molecular complexity index is 540. The van der Waals surface area contributed by atoms with Gasteiger partial charge in [0.1, 0.15) is 5.82 Å². The molecule has 0 radical (unpaired) electrons. The number of nitrogen functional groups attached to an aromatic ring is 1. The first-order chi connectivity index (χ1) is 7.68. The highest BCUT2D eigenvalue weighted by atomic mass is 16.4. The monoisotopic (exact) mass is 217 g/mol. The summed E-state index contributed by atoms with van der Waals surface area (Å²) in [5, 5.41) is 12.6. The van der Waals surface area contributed by atoms with E-state index in [0.29, 0.717) is 5.82 Å². The zero-order chi connectivity index (χ0) is 11.5. The summed E-state index contributed by atoms with van der Waals surface area (Å²) in [5.74, 6) is 0.453. The summed E-state index contributed by atoms with van der Waals surface area (Å²) in [7, 11) is 0. The van der Waals surface area contributed by atoms with Crippen LogP contribution in [0.5, 0.6) is 0 Å². The highest BCUT2D eigenvalue weighted by Crippen LogP contribution is 2.21.